The van der Waals surface area contributed by atoms with E-state index in [1.807, 2.05) is 18.2 Å². The van der Waals surface area contributed by atoms with Gasteiger partial charge in [-0.1, -0.05) is 23.7 Å². The summed E-state index contributed by atoms with van der Waals surface area (Å²) in [5.41, 5.74) is 5.82. The Morgan fingerprint density at radius 1 is 0.844 bits per heavy atom. The lowest BCUT2D eigenvalue weighted by Gasteiger charge is -2.36. The third-order valence-electron chi connectivity index (χ3n) is 5.83. The van der Waals surface area contributed by atoms with Crippen molar-refractivity contribution in [3.8, 4) is 0 Å². The zero-order valence-corrected chi connectivity index (χ0v) is 18.8. The van der Waals surface area contributed by atoms with E-state index in [0.29, 0.717) is 22.9 Å². The molecular weight excluding hydrogens is 422 g/mol. The van der Waals surface area contributed by atoms with Gasteiger partial charge < -0.3 is 15.1 Å². The monoisotopic (exact) mass is 445 g/mol. The number of piperazine rings is 1. The van der Waals surface area contributed by atoms with Gasteiger partial charge in [0.05, 0.1) is 0 Å². The molecule has 2 aromatic carbocycles. The maximum absolute atomic E-state index is 6.17. The Labute approximate surface area is 192 Å². The number of aromatic nitrogens is 4. The molecule has 1 aliphatic heterocycles. The molecule has 5 rings (SSSR count). The highest BCUT2D eigenvalue weighted by Crippen LogP contribution is 2.26. The summed E-state index contributed by atoms with van der Waals surface area (Å²) in [6.45, 7) is 7.54. The number of nitrogens with zero attached hydrogens (tertiary/aromatic N) is 6. The van der Waals surface area contributed by atoms with Crippen LogP contribution in [0.5, 0.6) is 0 Å². The van der Waals surface area contributed by atoms with Crippen molar-refractivity contribution in [2.24, 2.45) is 0 Å². The lowest BCUT2D eigenvalue weighted by atomic mass is 10.1. The van der Waals surface area contributed by atoms with Gasteiger partial charge in [-0.05, 0) is 55.3 Å². The van der Waals surface area contributed by atoms with Gasteiger partial charge in [-0.2, -0.15) is 9.97 Å². The quantitative estimate of drug-likeness (QED) is 0.485. The molecule has 0 spiro atoms. The summed E-state index contributed by atoms with van der Waals surface area (Å²) in [6, 6.07) is 14.2. The molecule has 3 heterocycles. The number of aryl methyl sites for hydroxylation is 2. The van der Waals surface area contributed by atoms with Gasteiger partial charge >= 0.3 is 0 Å². The minimum atomic E-state index is 0.584. The second-order valence-corrected chi connectivity index (χ2v) is 8.42. The molecule has 32 heavy (non-hydrogen) atoms. The lowest BCUT2D eigenvalue weighted by Crippen LogP contribution is -2.47. The van der Waals surface area contributed by atoms with Gasteiger partial charge in [-0.15, -0.1) is 0 Å². The summed E-state index contributed by atoms with van der Waals surface area (Å²) < 4.78 is 0. The Morgan fingerprint density at radius 3 is 2.41 bits per heavy atom. The Bertz CT molecular complexity index is 1270. The van der Waals surface area contributed by atoms with Crippen LogP contribution < -0.4 is 15.1 Å². The molecule has 1 fully saturated rings. The summed E-state index contributed by atoms with van der Waals surface area (Å²) in [5.74, 6) is 1.33. The fourth-order valence-corrected chi connectivity index (χ4v) is 4.06. The second kappa shape index (κ2) is 8.59. The Balaban J connectivity index is 1.41. The van der Waals surface area contributed by atoms with Crippen LogP contribution in [0.1, 0.15) is 11.1 Å². The van der Waals surface area contributed by atoms with Crippen LogP contribution in [-0.2, 0) is 0 Å². The zero-order valence-electron chi connectivity index (χ0n) is 18.1. The van der Waals surface area contributed by atoms with Crippen molar-refractivity contribution in [3.05, 3.63) is 71.0 Å². The van der Waals surface area contributed by atoms with E-state index < -0.39 is 0 Å². The van der Waals surface area contributed by atoms with Gasteiger partial charge in [-0.3, -0.25) is 0 Å². The van der Waals surface area contributed by atoms with Gasteiger partial charge in [0.15, 0.2) is 17.0 Å². The third-order valence-corrected chi connectivity index (χ3v) is 6.06. The average molecular weight is 446 g/mol. The van der Waals surface area contributed by atoms with E-state index in [1.54, 1.807) is 12.4 Å². The van der Waals surface area contributed by atoms with Gasteiger partial charge in [0.2, 0.25) is 5.95 Å². The van der Waals surface area contributed by atoms with Gasteiger partial charge in [-0.25, -0.2) is 9.97 Å². The van der Waals surface area contributed by atoms with Gasteiger partial charge in [0, 0.05) is 55.0 Å². The van der Waals surface area contributed by atoms with Crippen LogP contribution in [0.3, 0.4) is 0 Å². The lowest BCUT2D eigenvalue weighted by molar-refractivity contribution is 0.641. The summed E-state index contributed by atoms with van der Waals surface area (Å²) in [5, 5.41) is 4.18. The van der Waals surface area contributed by atoms with Crippen LogP contribution in [0.2, 0.25) is 5.02 Å². The Morgan fingerprint density at radius 2 is 1.62 bits per heavy atom. The molecule has 162 valence electrons. The van der Waals surface area contributed by atoms with E-state index in [-0.39, 0.29) is 0 Å². The number of nitrogens with one attached hydrogen (secondary N) is 1. The number of halogens is 1. The molecule has 8 heteroatoms. The molecule has 2 aromatic heterocycles. The van der Waals surface area contributed by atoms with E-state index in [4.69, 9.17) is 21.6 Å². The molecule has 1 aliphatic rings. The number of fused-ring (bicyclic) bond motifs is 1. The van der Waals surface area contributed by atoms with E-state index in [9.17, 15) is 0 Å². The molecule has 0 saturated carbocycles. The van der Waals surface area contributed by atoms with Crippen LogP contribution in [0.15, 0.2) is 54.9 Å². The maximum atomic E-state index is 6.17. The number of anilines is 4. The van der Waals surface area contributed by atoms with Gasteiger partial charge in [0.1, 0.15) is 0 Å². The predicted molar refractivity (Wildman–Crippen MR) is 130 cm³/mol. The fraction of sp³-hybridized carbons (Fsp3) is 0.250. The van der Waals surface area contributed by atoms with Crippen molar-refractivity contribution in [2.45, 2.75) is 13.8 Å². The molecule has 4 aromatic rings. The molecular formula is C24H24ClN7. The Hall–Kier alpha value is -3.45. The molecule has 1 N–H and O–H groups in total. The first-order valence-electron chi connectivity index (χ1n) is 10.7. The number of benzene rings is 2. The fourth-order valence-electron chi connectivity index (χ4n) is 3.87. The topological polar surface area (TPSA) is 70.1 Å². The number of hydrogen-bond acceptors (Lipinski definition) is 7. The zero-order chi connectivity index (χ0) is 22.1. The van der Waals surface area contributed by atoms with Crippen LogP contribution in [0.4, 0.5) is 23.1 Å². The van der Waals surface area contributed by atoms with Crippen molar-refractivity contribution in [1.82, 2.24) is 19.9 Å². The third kappa shape index (κ3) is 4.16. The minimum absolute atomic E-state index is 0.584. The number of rotatable bonds is 4. The summed E-state index contributed by atoms with van der Waals surface area (Å²) in [6.07, 6.45) is 3.33. The van der Waals surface area contributed by atoms with Crippen molar-refractivity contribution in [2.75, 3.05) is 41.3 Å². The SMILES string of the molecule is Cc1ccc(Nc2nc(N3CCN(c4cccc(Cl)c4)CC3)nc3nccnc23)cc1C. The highest BCUT2D eigenvalue weighted by Gasteiger charge is 2.21. The van der Waals surface area contributed by atoms with Crippen molar-refractivity contribution in [3.63, 3.8) is 0 Å². The van der Waals surface area contributed by atoms with E-state index in [0.717, 1.165) is 42.6 Å². The molecule has 0 aliphatic carbocycles. The first-order valence-corrected chi connectivity index (χ1v) is 11.0. The first-order chi connectivity index (χ1) is 15.6. The van der Waals surface area contributed by atoms with Gasteiger partial charge in [0.25, 0.3) is 0 Å². The van der Waals surface area contributed by atoms with Crippen LogP contribution in [0, 0.1) is 13.8 Å². The van der Waals surface area contributed by atoms with Crippen LogP contribution in [-0.4, -0.2) is 46.1 Å². The second-order valence-electron chi connectivity index (χ2n) is 7.98. The summed E-state index contributed by atoms with van der Waals surface area (Å²) in [7, 11) is 0. The predicted octanol–water partition coefficient (Wildman–Crippen LogP) is 4.76. The van der Waals surface area contributed by atoms with Crippen LogP contribution in [0.25, 0.3) is 11.2 Å². The largest absolute Gasteiger partial charge is 0.368 e. The highest BCUT2D eigenvalue weighted by atomic mass is 35.5. The Kier molecular flexibility index (Phi) is 5.49. The van der Waals surface area contributed by atoms with E-state index in [2.05, 4.69) is 63.2 Å². The highest BCUT2D eigenvalue weighted by molar-refractivity contribution is 6.30. The normalized spacial score (nSPS) is 14.1. The smallest absolute Gasteiger partial charge is 0.229 e. The maximum Gasteiger partial charge on any atom is 0.229 e. The van der Waals surface area contributed by atoms with Crippen molar-refractivity contribution >= 4 is 45.9 Å². The molecule has 0 atom stereocenters. The minimum Gasteiger partial charge on any atom is -0.368 e. The standard InChI is InChI=1S/C24H24ClN7/c1-16-6-7-19(14-17(16)2)28-23-21-22(27-9-8-26-21)29-24(30-23)32-12-10-31(11-13-32)20-5-3-4-18(25)15-20/h3-9,14-15H,10-13H2,1-2H3,(H,27,28,29,30). The van der Waals surface area contributed by atoms with Crippen molar-refractivity contribution in [1.29, 1.82) is 0 Å². The summed E-state index contributed by atoms with van der Waals surface area (Å²) >= 11 is 6.17. The molecule has 0 unspecified atom stereocenters. The molecule has 0 bridgehead atoms. The first kappa shape index (κ1) is 20.5. The summed E-state index contributed by atoms with van der Waals surface area (Å²) in [4.78, 5) is 23.0. The number of hydrogen-bond donors (Lipinski definition) is 1. The van der Waals surface area contributed by atoms with E-state index in [1.165, 1.54) is 11.1 Å². The molecule has 0 radical (unpaired) electrons. The molecule has 0 amide bonds. The van der Waals surface area contributed by atoms with E-state index >= 15 is 0 Å². The van der Waals surface area contributed by atoms with Crippen molar-refractivity contribution < 1.29 is 0 Å². The average Bonchev–Trinajstić information content (AvgIpc) is 2.81. The molecule has 7 nitrogen and oxygen atoms in total. The van der Waals surface area contributed by atoms with Crippen LogP contribution >= 0.6 is 11.6 Å². The molecule has 1 saturated heterocycles.